The number of nitrogens with zero attached hydrogens (tertiary/aromatic N) is 2. The van der Waals surface area contributed by atoms with Gasteiger partial charge in [0.1, 0.15) is 0 Å². The van der Waals surface area contributed by atoms with Crippen LogP contribution in [0.5, 0.6) is 0 Å². The van der Waals surface area contributed by atoms with Crippen molar-refractivity contribution in [1.82, 2.24) is 9.80 Å². The number of likely N-dealkylation sites (tertiary alicyclic amines) is 1. The van der Waals surface area contributed by atoms with Gasteiger partial charge in [0.05, 0.1) is 0 Å². The van der Waals surface area contributed by atoms with Gasteiger partial charge in [-0.25, -0.2) is 0 Å². The van der Waals surface area contributed by atoms with Gasteiger partial charge >= 0.3 is 0 Å². The van der Waals surface area contributed by atoms with Crippen molar-refractivity contribution in [2.24, 2.45) is 17.1 Å². The van der Waals surface area contributed by atoms with Crippen molar-refractivity contribution in [3.05, 3.63) is 0 Å². The summed E-state index contributed by atoms with van der Waals surface area (Å²) in [5.74, 6) is 0.911. The van der Waals surface area contributed by atoms with Gasteiger partial charge in [-0.2, -0.15) is 0 Å². The van der Waals surface area contributed by atoms with E-state index in [1.165, 1.54) is 64.7 Å². The lowest BCUT2D eigenvalue weighted by Gasteiger charge is -2.39. The van der Waals surface area contributed by atoms with Gasteiger partial charge in [0, 0.05) is 13.1 Å². The Balaban J connectivity index is 1.76. The van der Waals surface area contributed by atoms with Gasteiger partial charge in [0.15, 0.2) is 0 Å². The molecule has 0 aromatic carbocycles. The highest BCUT2D eigenvalue weighted by Gasteiger charge is 2.35. The molecule has 2 rings (SSSR count). The van der Waals surface area contributed by atoms with Gasteiger partial charge in [-0.05, 0) is 70.7 Å². The van der Waals surface area contributed by atoms with E-state index in [9.17, 15) is 0 Å². The molecule has 0 aromatic heterocycles. The molecule has 2 aliphatic rings. The summed E-state index contributed by atoms with van der Waals surface area (Å²) in [6.07, 6.45) is 8.27. The normalized spacial score (nSPS) is 26.0. The van der Waals surface area contributed by atoms with Crippen LogP contribution in [0.2, 0.25) is 0 Å². The van der Waals surface area contributed by atoms with Crippen molar-refractivity contribution < 1.29 is 0 Å². The van der Waals surface area contributed by atoms with Gasteiger partial charge in [-0.1, -0.05) is 12.8 Å². The van der Waals surface area contributed by atoms with Crippen LogP contribution in [0.25, 0.3) is 0 Å². The fourth-order valence-electron chi connectivity index (χ4n) is 3.87. The van der Waals surface area contributed by atoms with Gasteiger partial charge in [0.2, 0.25) is 0 Å². The number of rotatable bonds is 5. The standard InChI is InChI=1S/C15H31N3/c1-17(2)11-14-5-9-18(10-6-14)13-15(12-16)7-3-4-8-15/h14H,3-13,16H2,1-2H3. The van der Waals surface area contributed by atoms with Gasteiger partial charge < -0.3 is 15.5 Å². The van der Waals surface area contributed by atoms with Crippen molar-refractivity contribution >= 4 is 0 Å². The lowest BCUT2D eigenvalue weighted by atomic mass is 9.84. The molecule has 0 amide bonds. The van der Waals surface area contributed by atoms with E-state index in [1.54, 1.807) is 0 Å². The lowest BCUT2D eigenvalue weighted by Crippen LogP contribution is -2.45. The predicted octanol–water partition coefficient (Wildman–Crippen LogP) is 1.78. The Kier molecular flexibility index (Phi) is 5.05. The first-order chi connectivity index (χ1) is 8.63. The van der Waals surface area contributed by atoms with E-state index in [0.717, 1.165) is 12.5 Å². The molecule has 3 heteroatoms. The zero-order valence-electron chi connectivity index (χ0n) is 12.3. The monoisotopic (exact) mass is 253 g/mol. The third-order valence-electron chi connectivity index (χ3n) is 4.99. The molecule has 1 saturated heterocycles. The van der Waals surface area contributed by atoms with Crippen LogP contribution in [-0.4, -0.2) is 56.6 Å². The topological polar surface area (TPSA) is 32.5 Å². The van der Waals surface area contributed by atoms with E-state index in [4.69, 9.17) is 5.73 Å². The fraction of sp³-hybridized carbons (Fsp3) is 1.00. The SMILES string of the molecule is CN(C)CC1CCN(CC2(CN)CCCC2)CC1. The molecule has 0 atom stereocenters. The Labute approximate surface area is 113 Å². The summed E-state index contributed by atoms with van der Waals surface area (Å²) < 4.78 is 0. The van der Waals surface area contributed by atoms with Crippen LogP contribution in [-0.2, 0) is 0 Å². The molecule has 2 fully saturated rings. The van der Waals surface area contributed by atoms with Crippen LogP contribution in [0.3, 0.4) is 0 Å². The second-order valence-electron chi connectivity index (χ2n) is 6.89. The Morgan fingerprint density at radius 1 is 1.17 bits per heavy atom. The molecule has 1 aliphatic carbocycles. The van der Waals surface area contributed by atoms with Crippen molar-refractivity contribution in [3.63, 3.8) is 0 Å². The molecule has 18 heavy (non-hydrogen) atoms. The van der Waals surface area contributed by atoms with Crippen LogP contribution < -0.4 is 5.73 Å². The molecule has 0 aromatic rings. The molecule has 2 N–H and O–H groups in total. The summed E-state index contributed by atoms with van der Waals surface area (Å²) in [6.45, 7) is 6.00. The van der Waals surface area contributed by atoms with Gasteiger partial charge in [-0.3, -0.25) is 0 Å². The zero-order valence-corrected chi connectivity index (χ0v) is 12.3. The number of hydrogen-bond donors (Lipinski definition) is 1. The summed E-state index contributed by atoms with van der Waals surface area (Å²) in [5, 5.41) is 0. The van der Waals surface area contributed by atoms with Crippen molar-refractivity contribution in [1.29, 1.82) is 0 Å². The Morgan fingerprint density at radius 3 is 2.28 bits per heavy atom. The molecule has 106 valence electrons. The van der Waals surface area contributed by atoms with Crippen LogP contribution in [0.1, 0.15) is 38.5 Å². The first-order valence-corrected chi connectivity index (χ1v) is 7.71. The van der Waals surface area contributed by atoms with Gasteiger partial charge in [-0.15, -0.1) is 0 Å². The zero-order chi connectivity index (χ0) is 13.0. The third kappa shape index (κ3) is 3.69. The molecule has 1 saturated carbocycles. The number of nitrogens with two attached hydrogens (primary N) is 1. The lowest BCUT2D eigenvalue weighted by molar-refractivity contribution is 0.107. The van der Waals surface area contributed by atoms with Crippen LogP contribution in [0, 0.1) is 11.3 Å². The first kappa shape index (κ1) is 14.3. The molecule has 0 unspecified atom stereocenters. The van der Waals surface area contributed by atoms with Crippen molar-refractivity contribution in [2.75, 3.05) is 46.8 Å². The summed E-state index contributed by atoms with van der Waals surface area (Å²) in [5.41, 5.74) is 6.51. The second kappa shape index (κ2) is 6.36. The molecular weight excluding hydrogens is 222 g/mol. The van der Waals surface area contributed by atoms with E-state index in [1.807, 2.05) is 0 Å². The molecule has 3 nitrogen and oxygen atoms in total. The summed E-state index contributed by atoms with van der Waals surface area (Å²) in [6, 6.07) is 0. The molecule has 1 heterocycles. The predicted molar refractivity (Wildman–Crippen MR) is 77.7 cm³/mol. The summed E-state index contributed by atoms with van der Waals surface area (Å²) >= 11 is 0. The quantitative estimate of drug-likeness (QED) is 0.810. The maximum Gasteiger partial charge on any atom is 0.00501 e. The maximum absolute atomic E-state index is 6.05. The molecule has 1 aliphatic heterocycles. The van der Waals surface area contributed by atoms with Crippen LogP contribution in [0.4, 0.5) is 0 Å². The largest absolute Gasteiger partial charge is 0.330 e. The average molecular weight is 253 g/mol. The van der Waals surface area contributed by atoms with Crippen molar-refractivity contribution in [3.8, 4) is 0 Å². The average Bonchev–Trinajstić information content (AvgIpc) is 2.80. The first-order valence-electron chi connectivity index (χ1n) is 7.71. The molecule has 0 spiro atoms. The van der Waals surface area contributed by atoms with E-state index in [-0.39, 0.29) is 0 Å². The van der Waals surface area contributed by atoms with Crippen molar-refractivity contribution in [2.45, 2.75) is 38.5 Å². The number of piperidine rings is 1. The third-order valence-corrected chi connectivity index (χ3v) is 4.99. The van der Waals surface area contributed by atoms with E-state index >= 15 is 0 Å². The van der Waals surface area contributed by atoms with Gasteiger partial charge in [0.25, 0.3) is 0 Å². The Hall–Kier alpha value is -0.120. The molecule has 0 bridgehead atoms. The maximum atomic E-state index is 6.05. The highest BCUT2D eigenvalue weighted by Crippen LogP contribution is 2.38. The van der Waals surface area contributed by atoms with E-state index in [2.05, 4.69) is 23.9 Å². The second-order valence-corrected chi connectivity index (χ2v) is 6.89. The molecule has 0 radical (unpaired) electrons. The minimum Gasteiger partial charge on any atom is -0.330 e. The van der Waals surface area contributed by atoms with Crippen LogP contribution in [0.15, 0.2) is 0 Å². The Morgan fingerprint density at radius 2 is 1.78 bits per heavy atom. The summed E-state index contributed by atoms with van der Waals surface area (Å²) in [4.78, 5) is 5.02. The molecular formula is C15H31N3. The smallest absolute Gasteiger partial charge is 0.00501 e. The van der Waals surface area contributed by atoms with E-state index in [0.29, 0.717) is 5.41 Å². The van der Waals surface area contributed by atoms with E-state index < -0.39 is 0 Å². The minimum atomic E-state index is 0.467. The fourth-order valence-corrected chi connectivity index (χ4v) is 3.87. The minimum absolute atomic E-state index is 0.467. The Bertz CT molecular complexity index is 238. The highest BCUT2D eigenvalue weighted by molar-refractivity contribution is 4.89. The number of hydrogen-bond acceptors (Lipinski definition) is 3. The van der Waals surface area contributed by atoms with Crippen LogP contribution >= 0.6 is 0 Å². The summed E-state index contributed by atoms with van der Waals surface area (Å²) in [7, 11) is 4.38. The highest BCUT2D eigenvalue weighted by atomic mass is 15.1.